The predicted molar refractivity (Wildman–Crippen MR) is 64.0 cm³/mol. The molecule has 1 aromatic heterocycles. The van der Waals surface area contributed by atoms with E-state index in [1.807, 2.05) is 22.9 Å². The van der Waals surface area contributed by atoms with Gasteiger partial charge in [0.25, 0.3) is 0 Å². The van der Waals surface area contributed by atoms with Gasteiger partial charge in [0.2, 0.25) is 0 Å². The van der Waals surface area contributed by atoms with E-state index in [1.54, 1.807) is 0 Å². The Labute approximate surface area is 95.9 Å². The maximum Gasteiger partial charge on any atom is 0.131 e. The molecule has 0 aliphatic carbocycles. The Morgan fingerprint density at radius 2 is 2.29 bits per heavy atom. The highest BCUT2D eigenvalue weighted by Gasteiger charge is 2.07. The standard InChI is InChI=1S/C10H11IN2O/c1-2-13-9-4-3-7(6-14)5-8(9)10(11)12-13/h3-5,14H,2,6H2,1H3. The van der Waals surface area contributed by atoms with E-state index in [0.29, 0.717) is 0 Å². The smallest absolute Gasteiger partial charge is 0.131 e. The normalized spacial score (nSPS) is 11.1. The van der Waals surface area contributed by atoms with Crippen molar-refractivity contribution in [3.8, 4) is 0 Å². The molecule has 0 spiro atoms. The first kappa shape index (κ1) is 9.92. The second-order valence-electron chi connectivity index (χ2n) is 3.12. The molecule has 2 aromatic rings. The van der Waals surface area contributed by atoms with Crippen LogP contribution in [0.15, 0.2) is 18.2 Å². The molecule has 0 bridgehead atoms. The van der Waals surface area contributed by atoms with Crippen molar-refractivity contribution in [3.05, 3.63) is 27.5 Å². The summed E-state index contributed by atoms with van der Waals surface area (Å²) in [4.78, 5) is 0. The van der Waals surface area contributed by atoms with Crippen molar-refractivity contribution in [2.75, 3.05) is 0 Å². The van der Waals surface area contributed by atoms with Gasteiger partial charge < -0.3 is 5.11 Å². The number of aliphatic hydroxyl groups is 1. The highest BCUT2D eigenvalue weighted by Crippen LogP contribution is 2.21. The number of aryl methyl sites for hydroxylation is 1. The van der Waals surface area contributed by atoms with E-state index in [2.05, 4.69) is 34.6 Å². The quantitative estimate of drug-likeness (QED) is 0.863. The molecule has 0 saturated carbocycles. The number of halogens is 1. The number of benzene rings is 1. The summed E-state index contributed by atoms with van der Waals surface area (Å²) in [6, 6.07) is 5.95. The van der Waals surface area contributed by atoms with Gasteiger partial charge in [-0.3, -0.25) is 4.68 Å². The van der Waals surface area contributed by atoms with E-state index < -0.39 is 0 Å². The van der Waals surface area contributed by atoms with E-state index in [0.717, 1.165) is 26.7 Å². The highest BCUT2D eigenvalue weighted by molar-refractivity contribution is 14.1. The van der Waals surface area contributed by atoms with Crippen molar-refractivity contribution in [1.82, 2.24) is 9.78 Å². The van der Waals surface area contributed by atoms with Gasteiger partial charge in [-0.05, 0) is 47.2 Å². The molecule has 1 heterocycles. The van der Waals surface area contributed by atoms with Crippen LogP contribution in [0.4, 0.5) is 0 Å². The summed E-state index contributed by atoms with van der Waals surface area (Å²) in [6.07, 6.45) is 0. The molecule has 1 N–H and O–H groups in total. The molecule has 74 valence electrons. The van der Waals surface area contributed by atoms with Crippen LogP contribution in [0.2, 0.25) is 0 Å². The molecule has 2 rings (SSSR count). The Bertz CT molecular complexity index is 464. The lowest BCUT2D eigenvalue weighted by Gasteiger charge is -1.99. The summed E-state index contributed by atoms with van der Waals surface area (Å²) >= 11 is 2.22. The van der Waals surface area contributed by atoms with Crippen molar-refractivity contribution in [1.29, 1.82) is 0 Å². The Balaban J connectivity index is 2.70. The SMILES string of the molecule is CCn1nc(I)c2cc(CO)ccc21. The lowest BCUT2D eigenvalue weighted by molar-refractivity contribution is 0.282. The third-order valence-corrected chi connectivity index (χ3v) is 3.05. The van der Waals surface area contributed by atoms with E-state index in [1.165, 1.54) is 0 Å². The zero-order valence-corrected chi connectivity index (χ0v) is 10.0. The van der Waals surface area contributed by atoms with Crippen LogP contribution in [0.5, 0.6) is 0 Å². The molecule has 4 heteroatoms. The molecular weight excluding hydrogens is 291 g/mol. The lowest BCUT2D eigenvalue weighted by Crippen LogP contribution is -1.95. The van der Waals surface area contributed by atoms with E-state index in [9.17, 15) is 0 Å². The largest absolute Gasteiger partial charge is 0.392 e. The summed E-state index contributed by atoms with van der Waals surface area (Å²) in [7, 11) is 0. The molecule has 0 aliphatic heterocycles. The fourth-order valence-corrected chi connectivity index (χ4v) is 2.22. The summed E-state index contributed by atoms with van der Waals surface area (Å²) < 4.78 is 2.97. The molecule has 14 heavy (non-hydrogen) atoms. The average Bonchev–Trinajstić information content (AvgIpc) is 2.55. The van der Waals surface area contributed by atoms with Gasteiger partial charge in [-0.2, -0.15) is 5.10 Å². The first-order valence-electron chi connectivity index (χ1n) is 4.52. The van der Waals surface area contributed by atoms with Gasteiger partial charge in [-0.25, -0.2) is 0 Å². The minimum atomic E-state index is 0.0866. The minimum absolute atomic E-state index is 0.0866. The van der Waals surface area contributed by atoms with Gasteiger partial charge in [0, 0.05) is 11.9 Å². The topological polar surface area (TPSA) is 38.0 Å². The summed E-state index contributed by atoms with van der Waals surface area (Å²) in [5, 5.41) is 14.6. The second-order valence-corrected chi connectivity index (χ2v) is 4.14. The number of fused-ring (bicyclic) bond motifs is 1. The lowest BCUT2D eigenvalue weighted by atomic mass is 10.2. The molecule has 0 atom stereocenters. The molecule has 0 amide bonds. The molecule has 0 fully saturated rings. The number of hydrogen-bond acceptors (Lipinski definition) is 2. The summed E-state index contributed by atoms with van der Waals surface area (Å²) in [5.41, 5.74) is 2.07. The maximum atomic E-state index is 9.02. The zero-order valence-electron chi connectivity index (χ0n) is 7.87. The van der Waals surface area contributed by atoms with Crippen LogP contribution in [-0.2, 0) is 13.2 Å². The number of nitrogens with zero attached hydrogens (tertiary/aromatic N) is 2. The van der Waals surface area contributed by atoms with Gasteiger partial charge in [0.1, 0.15) is 3.70 Å². The van der Waals surface area contributed by atoms with Gasteiger partial charge >= 0.3 is 0 Å². The Morgan fingerprint density at radius 1 is 1.50 bits per heavy atom. The highest BCUT2D eigenvalue weighted by atomic mass is 127. The predicted octanol–water partition coefficient (Wildman–Crippen LogP) is 2.15. The van der Waals surface area contributed by atoms with Crippen molar-refractivity contribution in [2.24, 2.45) is 0 Å². The molecule has 0 radical (unpaired) electrons. The fourth-order valence-electron chi connectivity index (χ4n) is 1.53. The van der Waals surface area contributed by atoms with E-state index >= 15 is 0 Å². The molecule has 0 saturated heterocycles. The average molecular weight is 302 g/mol. The van der Waals surface area contributed by atoms with Crippen molar-refractivity contribution < 1.29 is 5.11 Å². The summed E-state index contributed by atoms with van der Waals surface area (Å²) in [6.45, 7) is 3.03. The summed E-state index contributed by atoms with van der Waals surface area (Å²) in [5.74, 6) is 0. The van der Waals surface area contributed by atoms with Gasteiger partial charge in [0.05, 0.1) is 12.1 Å². The molecular formula is C10H11IN2O. The number of rotatable bonds is 2. The first-order valence-corrected chi connectivity index (χ1v) is 5.60. The number of hydrogen-bond donors (Lipinski definition) is 1. The Kier molecular flexibility index (Phi) is 2.73. The van der Waals surface area contributed by atoms with Crippen LogP contribution in [-0.4, -0.2) is 14.9 Å². The third-order valence-electron chi connectivity index (χ3n) is 2.25. The second kappa shape index (κ2) is 3.86. The van der Waals surface area contributed by atoms with E-state index in [4.69, 9.17) is 5.11 Å². The number of aromatic nitrogens is 2. The van der Waals surface area contributed by atoms with Crippen LogP contribution in [0.25, 0.3) is 10.9 Å². The van der Waals surface area contributed by atoms with Crippen LogP contribution in [0.3, 0.4) is 0 Å². The monoisotopic (exact) mass is 302 g/mol. The van der Waals surface area contributed by atoms with Gasteiger partial charge in [-0.1, -0.05) is 6.07 Å². The van der Waals surface area contributed by atoms with Gasteiger partial charge in [-0.15, -0.1) is 0 Å². The molecule has 0 unspecified atom stereocenters. The van der Waals surface area contributed by atoms with Crippen molar-refractivity contribution >= 4 is 33.5 Å². The fraction of sp³-hybridized carbons (Fsp3) is 0.300. The van der Waals surface area contributed by atoms with Gasteiger partial charge in [0.15, 0.2) is 0 Å². The van der Waals surface area contributed by atoms with Crippen molar-refractivity contribution in [3.63, 3.8) is 0 Å². The Morgan fingerprint density at radius 3 is 2.93 bits per heavy atom. The molecule has 0 aliphatic rings. The third kappa shape index (κ3) is 1.52. The van der Waals surface area contributed by atoms with Crippen molar-refractivity contribution in [2.45, 2.75) is 20.1 Å². The van der Waals surface area contributed by atoms with Crippen LogP contribution in [0.1, 0.15) is 12.5 Å². The molecule has 3 nitrogen and oxygen atoms in total. The minimum Gasteiger partial charge on any atom is -0.392 e. The van der Waals surface area contributed by atoms with E-state index in [-0.39, 0.29) is 6.61 Å². The number of aliphatic hydroxyl groups excluding tert-OH is 1. The van der Waals surface area contributed by atoms with Crippen LogP contribution >= 0.6 is 22.6 Å². The Hall–Kier alpha value is -0.620. The molecule has 1 aromatic carbocycles. The van der Waals surface area contributed by atoms with Crippen LogP contribution < -0.4 is 0 Å². The first-order chi connectivity index (χ1) is 6.76. The maximum absolute atomic E-state index is 9.02. The zero-order chi connectivity index (χ0) is 10.1. The van der Waals surface area contributed by atoms with Crippen LogP contribution in [0, 0.1) is 3.70 Å².